The van der Waals surface area contributed by atoms with E-state index >= 15 is 0 Å². The van der Waals surface area contributed by atoms with Crippen LogP contribution in [-0.2, 0) is 30.3 Å². The van der Waals surface area contributed by atoms with Crippen LogP contribution in [0.25, 0.3) is 10.8 Å². The maximum Gasteiger partial charge on any atom is 1.00 e. The van der Waals surface area contributed by atoms with Crippen molar-refractivity contribution in [1.29, 1.82) is 0 Å². The number of hydrogen-bond donors (Lipinski definition) is 3. The molecule has 0 atom stereocenters. The molecule has 0 saturated heterocycles. The summed E-state index contributed by atoms with van der Waals surface area (Å²) >= 11 is 0. The van der Waals surface area contributed by atoms with E-state index in [-0.39, 0.29) is 97.5 Å². The van der Waals surface area contributed by atoms with Gasteiger partial charge in [-0.25, -0.2) is 16.8 Å². The first kappa shape index (κ1) is 35.1. The van der Waals surface area contributed by atoms with Crippen LogP contribution in [-0.4, -0.2) is 34.4 Å². The van der Waals surface area contributed by atoms with Gasteiger partial charge < -0.3 is 15.4 Å². The van der Waals surface area contributed by atoms with Crippen molar-refractivity contribution in [3.63, 3.8) is 0 Å². The Hall–Kier alpha value is -2.09. The molecule has 0 bridgehead atoms. The molecule has 0 fully saturated rings. The number of azo groups is 1. The fourth-order valence-electron chi connectivity index (χ4n) is 3.58. The summed E-state index contributed by atoms with van der Waals surface area (Å²) in [5.74, 6) is -0.809. The molecule has 0 aliphatic rings. The van der Waals surface area contributed by atoms with E-state index < -0.39 is 45.8 Å². The minimum atomic E-state index is -4.87. The predicted molar refractivity (Wildman–Crippen MR) is 138 cm³/mol. The molecule has 0 spiro atoms. The molecule has 18 heteroatoms. The van der Waals surface area contributed by atoms with Crippen LogP contribution < -0.4 is 74.7 Å². The fraction of sp³-hybridized carbons (Fsp3) is 0.0435. The van der Waals surface area contributed by atoms with Gasteiger partial charge in [-0.3, -0.25) is 9.27 Å². The first-order valence-corrected chi connectivity index (χ1v) is 15.0. The van der Waals surface area contributed by atoms with Crippen LogP contribution in [0.5, 0.6) is 5.75 Å². The number of nitrogen functional groups attached to an aromatic ring is 1. The number of nitrogens with two attached hydrogens (primary N) is 1. The molecule has 0 unspecified atom stereocenters. The Bertz CT molecular complexity index is 1990. The normalized spacial score (nSPS) is 12.1. The zero-order valence-electron chi connectivity index (χ0n) is 21.8. The van der Waals surface area contributed by atoms with Gasteiger partial charge in [0.2, 0.25) is 0 Å². The van der Waals surface area contributed by atoms with Gasteiger partial charge >= 0.3 is 59.1 Å². The number of benzene rings is 4. The summed E-state index contributed by atoms with van der Waals surface area (Å²) in [5.41, 5.74) is 6.16. The molecule has 0 aromatic heterocycles. The molecule has 0 heterocycles. The zero-order valence-corrected chi connectivity index (χ0v) is 28.2. The summed E-state index contributed by atoms with van der Waals surface area (Å²) < 4.78 is 94.5. The second-order valence-corrected chi connectivity index (χ2v) is 12.7. The average Bonchev–Trinajstić information content (AvgIpc) is 2.83. The van der Waals surface area contributed by atoms with Crippen molar-refractivity contribution in [2.75, 3.05) is 10.5 Å². The third-order valence-electron chi connectivity index (χ3n) is 5.42. The van der Waals surface area contributed by atoms with Crippen LogP contribution in [0.4, 0.5) is 22.7 Å². The van der Waals surface area contributed by atoms with Gasteiger partial charge in [0, 0.05) is 5.39 Å². The molecule has 4 N–H and O–H groups in total. The minimum absolute atomic E-state index is 0. The summed E-state index contributed by atoms with van der Waals surface area (Å²) in [7, 11) is -13.9. The third-order valence-corrected chi connectivity index (χ3v) is 8.51. The molecule has 0 aliphatic carbocycles. The van der Waals surface area contributed by atoms with Crippen LogP contribution in [0.1, 0.15) is 5.56 Å². The quantitative estimate of drug-likeness (QED) is 0.0815. The van der Waals surface area contributed by atoms with Crippen LogP contribution >= 0.6 is 0 Å². The van der Waals surface area contributed by atoms with E-state index in [2.05, 4.69) is 15.0 Å². The number of sulfonamides is 1. The zero-order chi connectivity index (χ0) is 28.8. The van der Waals surface area contributed by atoms with Crippen molar-refractivity contribution in [1.82, 2.24) is 0 Å². The Morgan fingerprint density at radius 2 is 1.46 bits per heavy atom. The van der Waals surface area contributed by atoms with Crippen molar-refractivity contribution in [3.05, 3.63) is 72.3 Å². The number of nitrogens with one attached hydrogen (secondary N) is 1. The maximum atomic E-state index is 12.8. The summed E-state index contributed by atoms with van der Waals surface area (Å²) in [4.78, 5) is -1.57. The second kappa shape index (κ2) is 13.0. The first-order valence-electron chi connectivity index (χ1n) is 10.7. The van der Waals surface area contributed by atoms with Gasteiger partial charge in [-0.1, -0.05) is 23.9 Å². The van der Waals surface area contributed by atoms with Crippen molar-refractivity contribution in [3.8, 4) is 5.75 Å². The molecular weight excluding hydrogens is 618 g/mol. The Labute approximate surface area is 280 Å². The minimum Gasteiger partial charge on any atom is -0.872 e. The first-order chi connectivity index (χ1) is 18.1. The average molecular weight is 637 g/mol. The van der Waals surface area contributed by atoms with Gasteiger partial charge in [0.15, 0.2) is 0 Å². The Kier molecular flexibility index (Phi) is 11.2. The summed E-state index contributed by atoms with van der Waals surface area (Å²) in [6.07, 6.45) is 0. The number of aryl methyl sites for hydroxylation is 1. The Morgan fingerprint density at radius 1 is 0.829 bits per heavy atom. The molecule has 4 rings (SSSR count). The number of nitrogens with zero attached hydrogens (tertiary/aromatic N) is 2. The van der Waals surface area contributed by atoms with Crippen molar-refractivity contribution >= 4 is 63.8 Å². The van der Waals surface area contributed by atoms with Crippen molar-refractivity contribution < 1.29 is 98.6 Å². The van der Waals surface area contributed by atoms with Gasteiger partial charge in [0.25, 0.3) is 20.1 Å². The molecule has 204 valence electrons. The predicted octanol–water partition coefficient (Wildman–Crippen LogP) is -2.82. The summed E-state index contributed by atoms with van der Waals surface area (Å²) in [5, 5.41) is 20.5. The third kappa shape index (κ3) is 8.05. The van der Waals surface area contributed by atoms with E-state index in [0.29, 0.717) is 11.6 Å². The Morgan fingerprint density at radius 3 is 2.05 bits per heavy atom. The van der Waals surface area contributed by atoms with E-state index in [1.165, 1.54) is 36.4 Å². The van der Waals surface area contributed by atoms with Gasteiger partial charge in [-0.2, -0.15) is 13.5 Å². The number of fused-ring (bicyclic) bond motifs is 1. The van der Waals surface area contributed by atoms with Crippen LogP contribution in [0, 0.1) is 6.92 Å². The SMILES string of the molecule is Cc1ccc(NS(=O)(=O)c2ccc(N=Nc3c(N)ccc4cc(S(=O)(=O)[O-])cc([O-])c34)cc2)c(S(=O)(=O)O)c1.[Na+].[Na+]. The Balaban J connectivity index is 0.00000294. The summed E-state index contributed by atoms with van der Waals surface area (Å²) in [6.45, 7) is 1.57. The molecule has 4 aromatic rings. The number of hydrogen-bond acceptors (Lipinski definition) is 11. The van der Waals surface area contributed by atoms with E-state index in [1.54, 1.807) is 6.92 Å². The molecule has 0 aliphatic heterocycles. The second-order valence-electron chi connectivity index (χ2n) is 8.25. The molecular formula is C23H18N4Na2O9S3. The maximum absolute atomic E-state index is 12.8. The fourth-order valence-corrected chi connectivity index (χ4v) is 5.98. The van der Waals surface area contributed by atoms with E-state index in [4.69, 9.17) is 5.73 Å². The molecule has 0 amide bonds. The monoisotopic (exact) mass is 636 g/mol. The molecule has 0 saturated carbocycles. The standard InChI is InChI=1S/C23H20N4O9S3.2Na/c1-13-2-9-19(21(10-13)39(34,35)36)27-37(29,30)16-6-4-15(5-7-16)25-26-23-18(24)8-3-14-11-17(38(31,32)33)12-20(28)22(14)23;;/h2-12,27-28H,24H2,1H3,(H,31,32,33)(H,34,35,36);;/q;2*+1/p-2. The van der Waals surface area contributed by atoms with Crippen LogP contribution in [0.2, 0.25) is 0 Å². The largest absolute Gasteiger partial charge is 1.00 e. The number of anilines is 2. The summed E-state index contributed by atoms with van der Waals surface area (Å²) in [6, 6.07) is 13.0. The molecule has 13 nitrogen and oxygen atoms in total. The van der Waals surface area contributed by atoms with E-state index in [0.717, 1.165) is 24.3 Å². The number of rotatable bonds is 7. The van der Waals surface area contributed by atoms with Crippen molar-refractivity contribution in [2.24, 2.45) is 10.2 Å². The van der Waals surface area contributed by atoms with E-state index in [1.807, 2.05) is 0 Å². The van der Waals surface area contributed by atoms with Crippen LogP contribution in [0.3, 0.4) is 0 Å². The van der Waals surface area contributed by atoms with Gasteiger partial charge in [-0.05, 0) is 66.4 Å². The molecule has 0 radical (unpaired) electrons. The van der Waals surface area contributed by atoms with Gasteiger partial charge in [0.05, 0.1) is 26.9 Å². The smallest absolute Gasteiger partial charge is 0.872 e. The van der Waals surface area contributed by atoms with Gasteiger partial charge in [0.1, 0.15) is 20.7 Å². The molecule has 41 heavy (non-hydrogen) atoms. The van der Waals surface area contributed by atoms with Crippen molar-refractivity contribution in [2.45, 2.75) is 21.6 Å². The molecule has 4 aromatic carbocycles. The van der Waals surface area contributed by atoms with Crippen LogP contribution in [0.15, 0.2) is 91.6 Å². The van der Waals surface area contributed by atoms with Gasteiger partial charge in [-0.15, -0.1) is 5.11 Å². The topological polar surface area (TPSA) is 232 Å². The van der Waals surface area contributed by atoms with E-state index in [9.17, 15) is 39.5 Å².